The molecular weight excluding hydrogens is 416 g/mol. The second-order valence-corrected chi connectivity index (χ2v) is 8.25. The molecular formula is C22H30N4O6. The highest BCUT2D eigenvalue weighted by Crippen LogP contribution is 2.43. The minimum absolute atomic E-state index is 0.0392. The van der Waals surface area contributed by atoms with Crippen LogP contribution in [0.2, 0.25) is 0 Å². The van der Waals surface area contributed by atoms with E-state index in [4.69, 9.17) is 19.1 Å². The summed E-state index contributed by atoms with van der Waals surface area (Å²) in [5.74, 6) is 0.865. The van der Waals surface area contributed by atoms with Crippen molar-refractivity contribution in [3.8, 4) is 0 Å². The number of rotatable bonds is 6. The Morgan fingerprint density at radius 1 is 1.41 bits per heavy atom. The van der Waals surface area contributed by atoms with Gasteiger partial charge < -0.3 is 23.7 Å². The lowest BCUT2D eigenvalue weighted by Crippen LogP contribution is -2.45. The van der Waals surface area contributed by atoms with Crippen LogP contribution in [0.25, 0.3) is 0 Å². The third-order valence-electron chi connectivity index (χ3n) is 6.17. The van der Waals surface area contributed by atoms with Crippen molar-refractivity contribution < 1.29 is 28.6 Å². The van der Waals surface area contributed by atoms with E-state index in [0.717, 1.165) is 18.9 Å². The maximum absolute atomic E-state index is 12.7. The van der Waals surface area contributed by atoms with E-state index in [9.17, 15) is 9.59 Å². The monoisotopic (exact) mass is 446 g/mol. The molecule has 2 aromatic heterocycles. The normalized spacial score (nSPS) is 19.5. The van der Waals surface area contributed by atoms with Gasteiger partial charge in [-0.05, 0) is 32.9 Å². The van der Waals surface area contributed by atoms with Crippen molar-refractivity contribution in [3.05, 3.63) is 42.4 Å². The number of carbonyl (C=O) groups is 3. The quantitative estimate of drug-likeness (QED) is 0.528. The van der Waals surface area contributed by atoms with Gasteiger partial charge in [0.05, 0.1) is 23.8 Å². The van der Waals surface area contributed by atoms with Crippen molar-refractivity contribution >= 4 is 18.3 Å². The van der Waals surface area contributed by atoms with Gasteiger partial charge in [0.25, 0.3) is 12.4 Å². The van der Waals surface area contributed by atoms with Crippen LogP contribution in [-0.2, 0) is 27.4 Å². The van der Waals surface area contributed by atoms with Crippen LogP contribution >= 0.6 is 0 Å². The number of cyclic esters (lactones) is 1. The van der Waals surface area contributed by atoms with Crippen LogP contribution in [-0.4, -0.2) is 75.6 Å². The average molecular weight is 447 g/mol. The summed E-state index contributed by atoms with van der Waals surface area (Å²) in [7, 11) is 2.03. The highest BCUT2D eigenvalue weighted by atomic mass is 16.6. The molecule has 1 N–H and O–H groups in total. The Kier molecular flexibility index (Phi) is 7.68. The minimum atomic E-state index is -0.458. The summed E-state index contributed by atoms with van der Waals surface area (Å²) in [4.78, 5) is 41.9. The van der Waals surface area contributed by atoms with Crippen LogP contribution in [0.15, 0.2) is 35.4 Å². The Morgan fingerprint density at radius 2 is 2.12 bits per heavy atom. The number of ether oxygens (including phenoxy) is 1. The lowest BCUT2D eigenvalue weighted by atomic mass is 9.76. The molecule has 174 valence electrons. The van der Waals surface area contributed by atoms with Gasteiger partial charge in [0.15, 0.2) is 0 Å². The number of imidazole rings is 1. The number of likely N-dealkylation sites (tertiary alicyclic amines) is 1. The number of furan rings is 1. The zero-order chi connectivity index (χ0) is 23.1. The van der Waals surface area contributed by atoms with E-state index in [1.54, 1.807) is 11.0 Å². The number of amides is 1. The third-order valence-corrected chi connectivity index (χ3v) is 6.17. The molecule has 1 amide bonds. The van der Waals surface area contributed by atoms with Gasteiger partial charge in [-0.15, -0.1) is 0 Å². The van der Waals surface area contributed by atoms with Crippen molar-refractivity contribution in [1.29, 1.82) is 0 Å². The topological polar surface area (TPSA) is 118 Å². The number of carboxylic acid groups (broad SMARTS) is 1. The number of aryl methyl sites for hydroxylation is 1. The molecule has 0 saturated carbocycles. The molecule has 10 heteroatoms. The molecule has 0 aromatic carbocycles. The zero-order valence-corrected chi connectivity index (χ0v) is 18.5. The van der Waals surface area contributed by atoms with Crippen LogP contribution in [0.4, 0.5) is 0 Å². The largest absolute Gasteiger partial charge is 0.483 e. The molecule has 0 bridgehead atoms. The van der Waals surface area contributed by atoms with Gasteiger partial charge in [-0.1, -0.05) is 0 Å². The first-order valence-electron chi connectivity index (χ1n) is 10.7. The van der Waals surface area contributed by atoms with Crippen LogP contribution in [0.3, 0.4) is 0 Å². The molecule has 4 rings (SSSR count). The fourth-order valence-electron chi connectivity index (χ4n) is 4.49. The number of hydrogen-bond acceptors (Lipinski definition) is 7. The molecule has 2 fully saturated rings. The van der Waals surface area contributed by atoms with Crippen molar-refractivity contribution in [2.75, 3.05) is 26.7 Å². The van der Waals surface area contributed by atoms with Gasteiger partial charge in [0, 0.05) is 45.0 Å². The van der Waals surface area contributed by atoms with Crippen molar-refractivity contribution in [1.82, 2.24) is 19.4 Å². The lowest BCUT2D eigenvalue weighted by Gasteiger charge is -2.36. The highest BCUT2D eigenvalue weighted by molar-refractivity contribution is 5.94. The van der Waals surface area contributed by atoms with Crippen LogP contribution < -0.4 is 0 Å². The maximum atomic E-state index is 12.7. The zero-order valence-electron chi connectivity index (χ0n) is 18.5. The third kappa shape index (κ3) is 5.18. The minimum Gasteiger partial charge on any atom is -0.483 e. The van der Waals surface area contributed by atoms with Gasteiger partial charge in [-0.3, -0.25) is 19.3 Å². The molecule has 32 heavy (non-hydrogen) atoms. The van der Waals surface area contributed by atoms with Crippen molar-refractivity contribution in [2.45, 2.75) is 45.4 Å². The van der Waals surface area contributed by atoms with Gasteiger partial charge in [-0.25, -0.2) is 4.98 Å². The average Bonchev–Trinajstić information content (AvgIpc) is 3.51. The van der Waals surface area contributed by atoms with Gasteiger partial charge >= 0.3 is 5.97 Å². The molecule has 4 heterocycles. The Balaban J connectivity index is 0.000000913. The first kappa shape index (κ1) is 23.5. The summed E-state index contributed by atoms with van der Waals surface area (Å²) >= 11 is 0. The predicted molar refractivity (Wildman–Crippen MR) is 114 cm³/mol. The van der Waals surface area contributed by atoms with Crippen LogP contribution in [0, 0.1) is 5.41 Å². The molecule has 10 nitrogen and oxygen atoms in total. The number of esters is 1. The smallest absolute Gasteiger partial charge is 0.312 e. The molecule has 1 unspecified atom stereocenters. The van der Waals surface area contributed by atoms with E-state index >= 15 is 0 Å². The summed E-state index contributed by atoms with van der Waals surface area (Å²) in [5.41, 5.74) is 0.0977. The van der Waals surface area contributed by atoms with E-state index in [-0.39, 0.29) is 24.5 Å². The van der Waals surface area contributed by atoms with Gasteiger partial charge in [0.2, 0.25) is 0 Å². The summed E-state index contributed by atoms with van der Waals surface area (Å²) in [6.45, 7) is 5.26. The fraction of sp³-hybridized carbons (Fsp3) is 0.545. The molecule has 1 spiro atoms. The number of likely N-dealkylation sites (N-methyl/N-ethyl adjacent to an activating group) is 1. The summed E-state index contributed by atoms with van der Waals surface area (Å²) in [5, 5.41) is 6.89. The SMILES string of the molecule is CCn1ccnc1CN(C)CC1CC2(CCN(C(=O)c3ccoc3)CC2)C(=O)O1.O=CO. The predicted octanol–water partition coefficient (Wildman–Crippen LogP) is 1.87. The fourth-order valence-corrected chi connectivity index (χ4v) is 4.49. The molecule has 0 aliphatic carbocycles. The van der Waals surface area contributed by atoms with E-state index in [1.165, 1.54) is 12.5 Å². The van der Waals surface area contributed by atoms with E-state index in [2.05, 4.69) is 21.4 Å². The van der Waals surface area contributed by atoms with Crippen LogP contribution in [0.1, 0.15) is 42.4 Å². The molecule has 2 aliphatic rings. The Morgan fingerprint density at radius 3 is 2.75 bits per heavy atom. The van der Waals surface area contributed by atoms with Gasteiger partial charge in [0.1, 0.15) is 18.2 Å². The number of carbonyl (C=O) groups excluding carboxylic acids is 2. The van der Waals surface area contributed by atoms with E-state index in [1.807, 2.05) is 19.4 Å². The summed E-state index contributed by atoms with van der Waals surface area (Å²) in [6.07, 6.45) is 8.65. The lowest BCUT2D eigenvalue weighted by molar-refractivity contribution is -0.151. The number of aromatic nitrogens is 2. The number of nitrogens with zero attached hydrogens (tertiary/aromatic N) is 4. The number of hydrogen-bond donors (Lipinski definition) is 1. The standard InChI is InChI=1S/C21H28N4O4.CH2O2/c1-3-24-10-7-22-18(24)14-23(2)13-17-12-21(20(27)29-17)5-8-25(9-6-21)19(26)16-4-11-28-15-16;2-1-3/h4,7,10-11,15,17H,3,5-6,8-9,12-14H2,1-2H3;1H,(H,2,3). The highest BCUT2D eigenvalue weighted by Gasteiger charge is 2.51. The Hall–Kier alpha value is -3.14. The molecule has 0 radical (unpaired) electrons. The molecule has 1 atom stereocenters. The number of piperidine rings is 1. The summed E-state index contributed by atoms with van der Waals surface area (Å²) < 4.78 is 12.9. The Bertz CT molecular complexity index is 901. The maximum Gasteiger partial charge on any atom is 0.312 e. The second kappa shape index (κ2) is 10.4. The van der Waals surface area contributed by atoms with Crippen molar-refractivity contribution in [3.63, 3.8) is 0 Å². The summed E-state index contributed by atoms with van der Waals surface area (Å²) in [6, 6.07) is 1.67. The molecule has 2 aliphatic heterocycles. The van der Waals surface area contributed by atoms with E-state index < -0.39 is 5.41 Å². The first-order valence-corrected chi connectivity index (χ1v) is 10.7. The van der Waals surface area contributed by atoms with E-state index in [0.29, 0.717) is 44.5 Å². The first-order chi connectivity index (χ1) is 15.4. The van der Waals surface area contributed by atoms with Crippen molar-refractivity contribution in [2.24, 2.45) is 5.41 Å². The second-order valence-electron chi connectivity index (χ2n) is 8.25. The van der Waals surface area contributed by atoms with Crippen LogP contribution in [0.5, 0.6) is 0 Å². The molecule has 2 aromatic rings. The Labute approximate surface area is 186 Å². The molecule has 2 saturated heterocycles. The van der Waals surface area contributed by atoms with Gasteiger partial charge in [-0.2, -0.15) is 0 Å².